The Bertz CT molecular complexity index is 286. The van der Waals surface area contributed by atoms with Crippen LogP contribution >= 0.6 is 0 Å². The third kappa shape index (κ3) is 3.05. The van der Waals surface area contributed by atoms with Gasteiger partial charge in [0.1, 0.15) is 0 Å². The molecule has 0 saturated carbocycles. The smallest absolute Gasteiger partial charge is 0.0233 e. The molecule has 1 fully saturated rings. The topological polar surface area (TPSA) is 24.1 Å². The lowest BCUT2D eigenvalue weighted by atomic mass is 10.0. The van der Waals surface area contributed by atoms with Crippen LogP contribution in [0.5, 0.6) is 0 Å². The van der Waals surface area contributed by atoms with Crippen LogP contribution < -0.4 is 10.6 Å². The highest BCUT2D eigenvalue weighted by atomic mass is 15.0. The van der Waals surface area contributed by atoms with Gasteiger partial charge in [0.25, 0.3) is 0 Å². The first-order chi connectivity index (χ1) is 7.38. The molecule has 1 atom stereocenters. The largest absolute Gasteiger partial charge is 0.314 e. The molecule has 1 aliphatic heterocycles. The molecular formula is C13H20N2. The van der Waals surface area contributed by atoms with Crippen molar-refractivity contribution in [2.75, 3.05) is 19.6 Å². The minimum atomic E-state index is 0.603. The summed E-state index contributed by atoms with van der Waals surface area (Å²) < 4.78 is 0. The monoisotopic (exact) mass is 204 g/mol. The predicted octanol–water partition coefficient (Wildman–Crippen LogP) is 1.35. The van der Waals surface area contributed by atoms with Gasteiger partial charge in [-0.05, 0) is 24.0 Å². The average Bonchev–Trinajstić information content (AvgIpc) is 2.31. The average molecular weight is 204 g/mol. The maximum atomic E-state index is 3.53. The molecule has 0 bridgehead atoms. The van der Waals surface area contributed by atoms with Crippen LogP contribution in [0.1, 0.15) is 18.1 Å². The van der Waals surface area contributed by atoms with E-state index in [1.54, 1.807) is 0 Å². The van der Waals surface area contributed by atoms with Crippen molar-refractivity contribution in [1.29, 1.82) is 0 Å². The van der Waals surface area contributed by atoms with Crippen molar-refractivity contribution in [2.24, 2.45) is 0 Å². The fraction of sp³-hybridized carbons (Fsp3) is 0.538. The van der Waals surface area contributed by atoms with Crippen molar-refractivity contribution in [3.8, 4) is 0 Å². The number of aryl methyl sites for hydroxylation is 1. The number of nitrogens with one attached hydrogen (secondary N) is 2. The minimum Gasteiger partial charge on any atom is -0.314 e. The quantitative estimate of drug-likeness (QED) is 0.776. The van der Waals surface area contributed by atoms with Gasteiger partial charge in [0, 0.05) is 25.7 Å². The van der Waals surface area contributed by atoms with E-state index in [9.17, 15) is 0 Å². The molecule has 1 aromatic carbocycles. The Balaban J connectivity index is 1.91. The fourth-order valence-electron chi connectivity index (χ4n) is 2.05. The molecule has 0 amide bonds. The van der Waals surface area contributed by atoms with E-state index in [-0.39, 0.29) is 0 Å². The summed E-state index contributed by atoms with van der Waals surface area (Å²) in [5.41, 5.74) is 2.86. The van der Waals surface area contributed by atoms with Crippen LogP contribution in [0.25, 0.3) is 0 Å². The van der Waals surface area contributed by atoms with E-state index in [4.69, 9.17) is 0 Å². The van der Waals surface area contributed by atoms with Gasteiger partial charge in [0.2, 0.25) is 0 Å². The Morgan fingerprint density at radius 1 is 1.13 bits per heavy atom. The Hall–Kier alpha value is -0.860. The van der Waals surface area contributed by atoms with Crippen molar-refractivity contribution < 1.29 is 0 Å². The Kier molecular flexibility index (Phi) is 3.75. The first kappa shape index (κ1) is 10.7. The van der Waals surface area contributed by atoms with Gasteiger partial charge in [-0.15, -0.1) is 0 Å². The summed E-state index contributed by atoms with van der Waals surface area (Å²) in [6.45, 7) is 5.49. The second kappa shape index (κ2) is 5.29. The summed E-state index contributed by atoms with van der Waals surface area (Å²) in [6, 6.07) is 9.60. The molecule has 82 valence electrons. The molecule has 0 unspecified atom stereocenters. The maximum Gasteiger partial charge on any atom is 0.0233 e. The van der Waals surface area contributed by atoms with E-state index < -0.39 is 0 Å². The molecule has 0 aliphatic carbocycles. The van der Waals surface area contributed by atoms with Gasteiger partial charge in [-0.2, -0.15) is 0 Å². The molecule has 2 heteroatoms. The SMILES string of the molecule is CCc1ccc(C[C@@H]2CNCCN2)cc1. The van der Waals surface area contributed by atoms with Crippen molar-refractivity contribution in [1.82, 2.24) is 10.6 Å². The van der Waals surface area contributed by atoms with Crippen LogP contribution in [0.4, 0.5) is 0 Å². The van der Waals surface area contributed by atoms with E-state index in [1.807, 2.05) is 0 Å². The van der Waals surface area contributed by atoms with Crippen LogP contribution in [0.15, 0.2) is 24.3 Å². The van der Waals surface area contributed by atoms with E-state index >= 15 is 0 Å². The lowest BCUT2D eigenvalue weighted by molar-refractivity contribution is 0.416. The molecule has 0 radical (unpaired) electrons. The van der Waals surface area contributed by atoms with E-state index in [0.29, 0.717) is 6.04 Å². The standard InChI is InChI=1S/C13H20N2/c1-2-11-3-5-12(6-4-11)9-13-10-14-7-8-15-13/h3-6,13-15H,2,7-10H2,1H3/t13-/m1/s1. The summed E-state index contributed by atoms with van der Waals surface area (Å²) in [4.78, 5) is 0. The van der Waals surface area contributed by atoms with Gasteiger partial charge in [-0.25, -0.2) is 0 Å². The number of hydrogen-bond acceptors (Lipinski definition) is 2. The molecule has 1 saturated heterocycles. The first-order valence-corrected chi connectivity index (χ1v) is 5.90. The maximum absolute atomic E-state index is 3.53. The van der Waals surface area contributed by atoms with Crippen LogP contribution in [0.2, 0.25) is 0 Å². The molecule has 2 N–H and O–H groups in total. The van der Waals surface area contributed by atoms with Gasteiger partial charge in [0.15, 0.2) is 0 Å². The normalized spacial score (nSPS) is 21.5. The highest BCUT2D eigenvalue weighted by molar-refractivity contribution is 5.23. The molecule has 0 aromatic heterocycles. The van der Waals surface area contributed by atoms with Crippen LogP contribution in [-0.4, -0.2) is 25.7 Å². The van der Waals surface area contributed by atoms with Crippen LogP contribution in [0.3, 0.4) is 0 Å². The Morgan fingerprint density at radius 3 is 2.47 bits per heavy atom. The fourth-order valence-corrected chi connectivity index (χ4v) is 2.05. The molecular weight excluding hydrogens is 184 g/mol. The summed E-state index contributed by atoms with van der Waals surface area (Å²) in [6.07, 6.45) is 2.26. The number of piperazine rings is 1. The zero-order valence-electron chi connectivity index (χ0n) is 9.42. The van der Waals surface area contributed by atoms with Crippen molar-refractivity contribution in [3.05, 3.63) is 35.4 Å². The number of rotatable bonds is 3. The summed E-state index contributed by atoms with van der Waals surface area (Å²) >= 11 is 0. The van der Waals surface area contributed by atoms with Crippen molar-refractivity contribution in [3.63, 3.8) is 0 Å². The van der Waals surface area contributed by atoms with Gasteiger partial charge < -0.3 is 10.6 Å². The lowest BCUT2D eigenvalue weighted by Gasteiger charge is -2.24. The zero-order chi connectivity index (χ0) is 10.5. The van der Waals surface area contributed by atoms with E-state index in [1.165, 1.54) is 11.1 Å². The molecule has 15 heavy (non-hydrogen) atoms. The molecule has 0 spiro atoms. The molecule has 2 nitrogen and oxygen atoms in total. The second-order valence-corrected chi connectivity index (χ2v) is 4.23. The molecule has 1 aromatic rings. The number of benzene rings is 1. The second-order valence-electron chi connectivity index (χ2n) is 4.23. The van der Waals surface area contributed by atoms with Crippen LogP contribution in [-0.2, 0) is 12.8 Å². The van der Waals surface area contributed by atoms with Crippen molar-refractivity contribution >= 4 is 0 Å². The first-order valence-electron chi connectivity index (χ1n) is 5.90. The van der Waals surface area contributed by atoms with Gasteiger partial charge in [-0.3, -0.25) is 0 Å². The zero-order valence-corrected chi connectivity index (χ0v) is 9.42. The summed E-state index contributed by atoms with van der Waals surface area (Å²) in [5.74, 6) is 0. The van der Waals surface area contributed by atoms with Crippen LogP contribution in [0, 0.1) is 0 Å². The summed E-state index contributed by atoms with van der Waals surface area (Å²) in [5, 5.41) is 6.95. The Labute approximate surface area is 92.1 Å². The highest BCUT2D eigenvalue weighted by Crippen LogP contribution is 2.07. The highest BCUT2D eigenvalue weighted by Gasteiger charge is 2.11. The van der Waals surface area contributed by atoms with Gasteiger partial charge in [0.05, 0.1) is 0 Å². The van der Waals surface area contributed by atoms with Gasteiger partial charge >= 0.3 is 0 Å². The van der Waals surface area contributed by atoms with Gasteiger partial charge in [-0.1, -0.05) is 31.2 Å². The third-order valence-electron chi connectivity index (χ3n) is 3.04. The molecule has 1 heterocycles. The molecule has 1 aliphatic rings. The predicted molar refractivity (Wildman–Crippen MR) is 64.2 cm³/mol. The lowest BCUT2D eigenvalue weighted by Crippen LogP contribution is -2.49. The third-order valence-corrected chi connectivity index (χ3v) is 3.04. The Morgan fingerprint density at radius 2 is 1.87 bits per heavy atom. The van der Waals surface area contributed by atoms with Crippen molar-refractivity contribution in [2.45, 2.75) is 25.8 Å². The van der Waals surface area contributed by atoms with E-state index in [2.05, 4.69) is 41.8 Å². The minimum absolute atomic E-state index is 0.603. The summed E-state index contributed by atoms with van der Waals surface area (Å²) in [7, 11) is 0. The van der Waals surface area contributed by atoms with E-state index in [0.717, 1.165) is 32.5 Å². The number of hydrogen-bond donors (Lipinski definition) is 2. The molecule has 2 rings (SSSR count).